The maximum absolute atomic E-state index is 13.1. The van der Waals surface area contributed by atoms with Gasteiger partial charge in [-0.3, -0.25) is 14.4 Å². The van der Waals surface area contributed by atoms with Gasteiger partial charge in [0.05, 0.1) is 0 Å². The molecule has 1 saturated heterocycles. The topological polar surface area (TPSA) is 79.0 Å². The van der Waals surface area contributed by atoms with E-state index in [1.165, 1.54) is 4.90 Å². The third-order valence-electron chi connectivity index (χ3n) is 5.02. The number of hydrogen-bond acceptors (Lipinski definition) is 4. The summed E-state index contributed by atoms with van der Waals surface area (Å²) in [6, 6.07) is 15.5. The van der Waals surface area contributed by atoms with Crippen molar-refractivity contribution < 1.29 is 19.1 Å². The van der Waals surface area contributed by atoms with E-state index in [0.29, 0.717) is 24.4 Å². The van der Waals surface area contributed by atoms with Gasteiger partial charge >= 0.3 is 0 Å². The van der Waals surface area contributed by atoms with E-state index in [-0.39, 0.29) is 24.3 Å². The van der Waals surface area contributed by atoms with Crippen LogP contribution in [-0.4, -0.2) is 54.8 Å². The molecule has 0 aromatic heterocycles. The Morgan fingerprint density at radius 3 is 2.40 bits per heavy atom. The molecule has 2 aromatic carbocycles. The van der Waals surface area contributed by atoms with Crippen molar-refractivity contribution in [3.63, 3.8) is 0 Å². The summed E-state index contributed by atoms with van der Waals surface area (Å²) >= 11 is 0. The van der Waals surface area contributed by atoms with Crippen LogP contribution in [0.3, 0.4) is 0 Å². The highest BCUT2D eigenvalue weighted by molar-refractivity contribution is 5.98. The number of likely N-dealkylation sites (N-methyl/N-ethyl adjacent to an activating group) is 1. The third-order valence-corrected chi connectivity index (χ3v) is 5.02. The van der Waals surface area contributed by atoms with Crippen LogP contribution in [0.15, 0.2) is 54.6 Å². The fraction of sp³-hybridized carbons (Fsp3) is 0.348. The molecule has 1 fully saturated rings. The summed E-state index contributed by atoms with van der Waals surface area (Å²) in [5.74, 6) is 0.144. The lowest BCUT2D eigenvalue weighted by Gasteiger charge is -2.34. The van der Waals surface area contributed by atoms with Gasteiger partial charge in [0.15, 0.2) is 6.61 Å². The highest BCUT2D eigenvalue weighted by atomic mass is 16.5. The number of ether oxygens (including phenoxy) is 1. The van der Waals surface area contributed by atoms with Crippen LogP contribution in [0.2, 0.25) is 0 Å². The zero-order chi connectivity index (χ0) is 21.5. The van der Waals surface area contributed by atoms with E-state index < -0.39 is 6.04 Å². The number of piperidine rings is 1. The second-order valence-electron chi connectivity index (χ2n) is 7.45. The number of hydrogen-bond donors (Lipinski definition) is 1. The molecule has 1 heterocycles. The fourth-order valence-corrected chi connectivity index (χ4v) is 3.33. The van der Waals surface area contributed by atoms with Crippen LogP contribution in [0.4, 0.5) is 5.69 Å². The molecule has 1 N–H and O–H groups in total. The lowest BCUT2D eigenvalue weighted by molar-refractivity contribution is -0.141. The first kappa shape index (κ1) is 21.4. The van der Waals surface area contributed by atoms with Gasteiger partial charge in [-0.1, -0.05) is 30.3 Å². The predicted molar refractivity (Wildman–Crippen MR) is 114 cm³/mol. The molecule has 7 heteroatoms. The summed E-state index contributed by atoms with van der Waals surface area (Å²) in [5.41, 5.74) is 1.38. The maximum atomic E-state index is 13.1. The van der Waals surface area contributed by atoms with Crippen molar-refractivity contribution in [2.45, 2.75) is 25.3 Å². The van der Waals surface area contributed by atoms with E-state index in [1.807, 2.05) is 30.3 Å². The fourth-order valence-electron chi connectivity index (χ4n) is 3.33. The molecule has 2 aromatic rings. The first-order valence-electron chi connectivity index (χ1n) is 10.0. The Balaban J connectivity index is 1.71. The number of anilines is 1. The van der Waals surface area contributed by atoms with Gasteiger partial charge in [0, 0.05) is 32.7 Å². The van der Waals surface area contributed by atoms with Gasteiger partial charge in [-0.05, 0) is 42.7 Å². The van der Waals surface area contributed by atoms with E-state index in [0.717, 1.165) is 18.4 Å². The summed E-state index contributed by atoms with van der Waals surface area (Å²) < 4.78 is 5.46. The van der Waals surface area contributed by atoms with Crippen molar-refractivity contribution in [2.24, 2.45) is 0 Å². The average molecular weight is 409 g/mol. The minimum absolute atomic E-state index is 0.000407. The van der Waals surface area contributed by atoms with Crippen LogP contribution in [-0.2, 0) is 14.4 Å². The van der Waals surface area contributed by atoms with Gasteiger partial charge < -0.3 is 19.9 Å². The van der Waals surface area contributed by atoms with Crippen LogP contribution in [0.1, 0.15) is 30.9 Å². The Kier molecular flexibility index (Phi) is 7.06. The number of likely N-dealkylation sites (tertiary alicyclic amines) is 1. The minimum Gasteiger partial charge on any atom is -0.484 e. The number of benzene rings is 2. The maximum Gasteiger partial charge on any atom is 0.259 e. The first-order valence-corrected chi connectivity index (χ1v) is 10.0. The molecule has 1 aliphatic rings. The number of carbonyl (C=O) groups is 3. The number of rotatable bonds is 7. The summed E-state index contributed by atoms with van der Waals surface area (Å²) in [6.07, 6.45) is 2.21. The van der Waals surface area contributed by atoms with Gasteiger partial charge in [0.25, 0.3) is 11.8 Å². The predicted octanol–water partition coefficient (Wildman–Crippen LogP) is 2.85. The van der Waals surface area contributed by atoms with Gasteiger partial charge in [-0.25, -0.2) is 0 Å². The Morgan fingerprint density at radius 1 is 1.07 bits per heavy atom. The van der Waals surface area contributed by atoms with Gasteiger partial charge in [-0.15, -0.1) is 0 Å². The van der Waals surface area contributed by atoms with E-state index in [1.54, 1.807) is 43.3 Å². The molecule has 30 heavy (non-hydrogen) atoms. The lowest BCUT2D eigenvalue weighted by Crippen LogP contribution is -2.43. The Hall–Kier alpha value is -3.35. The van der Waals surface area contributed by atoms with Crippen molar-refractivity contribution in [2.75, 3.05) is 32.6 Å². The second-order valence-corrected chi connectivity index (χ2v) is 7.45. The molecule has 0 radical (unpaired) electrons. The Labute approximate surface area is 176 Å². The molecule has 7 nitrogen and oxygen atoms in total. The first-order chi connectivity index (χ1) is 14.5. The van der Waals surface area contributed by atoms with E-state index in [9.17, 15) is 14.4 Å². The normalized spacial score (nSPS) is 14.7. The molecule has 0 bridgehead atoms. The molecule has 1 atom stereocenters. The summed E-state index contributed by atoms with van der Waals surface area (Å²) in [6.45, 7) is 0.518. The molecule has 3 rings (SSSR count). The molecular formula is C23H27N3O4. The second kappa shape index (κ2) is 9.91. The molecule has 158 valence electrons. The summed E-state index contributed by atoms with van der Waals surface area (Å²) in [4.78, 5) is 40.4. The van der Waals surface area contributed by atoms with Crippen molar-refractivity contribution in [3.8, 4) is 5.75 Å². The quantitative estimate of drug-likeness (QED) is 0.763. The number of amides is 3. The Morgan fingerprint density at radius 2 is 1.77 bits per heavy atom. The highest BCUT2D eigenvalue weighted by Gasteiger charge is 2.32. The van der Waals surface area contributed by atoms with Crippen molar-refractivity contribution in [1.82, 2.24) is 9.80 Å². The molecule has 1 aliphatic heterocycles. The molecule has 3 amide bonds. The van der Waals surface area contributed by atoms with Crippen LogP contribution in [0.5, 0.6) is 5.75 Å². The van der Waals surface area contributed by atoms with E-state index >= 15 is 0 Å². The SMILES string of the molecule is CN(C)C(=O)COc1ccc(NC(=O)C(c2ccccc2)N2CCCCC2=O)cc1. The van der Waals surface area contributed by atoms with Crippen LogP contribution in [0.25, 0.3) is 0 Å². The average Bonchev–Trinajstić information content (AvgIpc) is 2.75. The number of carbonyl (C=O) groups excluding carboxylic acids is 3. The standard InChI is InChI=1S/C23H27N3O4/c1-25(2)21(28)16-30-19-13-11-18(12-14-19)24-23(29)22(17-8-4-3-5-9-17)26-15-7-6-10-20(26)27/h3-5,8-9,11-14,22H,6-7,10,15-16H2,1-2H3,(H,24,29). The third kappa shape index (κ3) is 5.37. The highest BCUT2D eigenvalue weighted by Crippen LogP contribution is 2.27. The largest absolute Gasteiger partial charge is 0.484 e. The monoisotopic (exact) mass is 409 g/mol. The lowest BCUT2D eigenvalue weighted by atomic mass is 10.0. The molecule has 0 saturated carbocycles. The molecule has 1 unspecified atom stereocenters. The van der Waals surface area contributed by atoms with Crippen LogP contribution >= 0.6 is 0 Å². The van der Waals surface area contributed by atoms with Gasteiger partial charge in [-0.2, -0.15) is 0 Å². The zero-order valence-electron chi connectivity index (χ0n) is 17.3. The van der Waals surface area contributed by atoms with Gasteiger partial charge in [0.2, 0.25) is 5.91 Å². The zero-order valence-corrected chi connectivity index (χ0v) is 17.3. The number of nitrogens with zero attached hydrogens (tertiary/aromatic N) is 2. The van der Waals surface area contributed by atoms with E-state index in [4.69, 9.17) is 4.74 Å². The van der Waals surface area contributed by atoms with Crippen molar-refractivity contribution >= 4 is 23.4 Å². The van der Waals surface area contributed by atoms with Crippen LogP contribution < -0.4 is 10.1 Å². The summed E-state index contributed by atoms with van der Waals surface area (Å²) in [5, 5.41) is 2.91. The Bertz CT molecular complexity index is 881. The van der Waals surface area contributed by atoms with Crippen molar-refractivity contribution in [3.05, 3.63) is 60.2 Å². The van der Waals surface area contributed by atoms with Crippen molar-refractivity contribution in [1.29, 1.82) is 0 Å². The molecule has 0 aliphatic carbocycles. The molecule has 0 spiro atoms. The van der Waals surface area contributed by atoms with Crippen LogP contribution in [0, 0.1) is 0 Å². The minimum atomic E-state index is -0.673. The van der Waals surface area contributed by atoms with Gasteiger partial charge in [0.1, 0.15) is 11.8 Å². The smallest absolute Gasteiger partial charge is 0.259 e. The molecular weight excluding hydrogens is 382 g/mol. The van der Waals surface area contributed by atoms with E-state index in [2.05, 4.69) is 5.32 Å². The number of nitrogens with one attached hydrogen (secondary N) is 1. The summed E-state index contributed by atoms with van der Waals surface area (Å²) in [7, 11) is 3.33.